The molecule has 69 heavy (non-hydrogen) atoms. The first-order valence-corrected chi connectivity index (χ1v) is 23.7. The van der Waals surface area contributed by atoms with Crippen molar-refractivity contribution in [2.45, 2.75) is 0 Å². The minimum Gasteiger partial charge on any atom is -0.455 e. The van der Waals surface area contributed by atoms with Gasteiger partial charge in [0.05, 0.1) is 22.4 Å². The third-order valence-electron chi connectivity index (χ3n) is 14.2. The highest BCUT2D eigenvalue weighted by Gasteiger charge is 2.23. The summed E-state index contributed by atoms with van der Waals surface area (Å²) < 4.78 is 9.38. The standard InChI is InChI=1S/C66H42N2O/c1-3-19-51-44(15-1)31-32-46-33-34-48(42-60(46)51)52-20-5-9-27-61(52)67(64-30-12-8-24-56(64)57-25-14-26-58-59-40-37-45-16-2-4-21-53(45)65(59)69-66(57)58)49-38-35-43(36-39-49)47-17-13-18-50(41-47)68-62-28-10-6-22-54(62)55-23-7-11-29-63(55)68/h1-42H. The summed E-state index contributed by atoms with van der Waals surface area (Å²) in [5, 5.41) is 12.0. The fourth-order valence-corrected chi connectivity index (χ4v) is 11.0. The quantitative estimate of drug-likeness (QED) is 0.149. The van der Waals surface area contributed by atoms with Gasteiger partial charge in [0.1, 0.15) is 11.2 Å². The summed E-state index contributed by atoms with van der Waals surface area (Å²) in [7, 11) is 0. The molecule has 3 nitrogen and oxygen atoms in total. The molecule has 0 atom stereocenters. The number of nitrogens with zero attached hydrogens (tertiary/aromatic N) is 2. The summed E-state index contributed by atoms with van der Waals surface area (Å²) in [6.07, 6.45) is 0. The van der Waals surface area contributed by atoms with Crippen LogP contribution < -0.4 is 4.90 Å². The van der Waals surface area contributed by atoms with Crippen LogP contribution in [0.2, 0.25) is 0 Å². The molecular formula is C66H42N2O. The van der Waals surface area contributed by atoms with E-state index < -0.39 is 0 Å². The lowest BCUT2D eigenvalue weighted by Gasteiger charge is -2.30. The molecule has 0 amide bonds. The van der Waals surface area contributed by atoms with E-state index in [9.17, 15) is 0 Å². The zero-order valence-corrected chi connectivity index (χ0v) is 37.6. The number of furan rings is 1. The van der Waals surface area contributed by atoms with Crippen LogP contribution in [0.15, 0.2) is 259 Å². The average Bonchev–Trinajstić information content (AvgIpc) is 3.98. The first-order chi connectivity index (χ1) is 34.2. The second-order valence-corrected chi connectivity index (χ2v) is 18.0. The van der Waals surface area contributed by atoms with Gasteiger partial charge in [-0.15, -0.1) is 0 Å². The van der Waals surface area contributed by atoms with Crippen LogP contribution >= 0.6 is 0 Å². The second-order valence-electron chi connectivity index (χ2n) is 18.0. The Morgan fingerprint density at radius 3 is 1.58 bits per heavy atom. The van der Waals surface area contributed by atoms with Crippen molar-refractivity contribution in [1.29, 1.82) is 0 Å². The van der Waals surface area contributed by atoms with Crippen LogP contribution in [0.25, 0.3) is 115 Å². The van der Waals surface area contributed by atoms with Crippen LogP contribution in [0.4, 0.5) is 17.1 Å². The van der Waals surface area contributed by atoms with E-state index in [4.69, 9.17) is 4.42 Å². The van der Waals surface area contributed by atoms with Crippen LogP contribution in [-0.2, 0) is 0 Å². The molecule has 0 saturated carbocycles. The summed E-state index contributed by atoms with van der Waals surface area (Å²) in [6, 6.07) is 92.5. The molecule has 322 valence electrons. The maximum Gasteiger partial charge on any atom is 0.143 e. The molecule has 3 heteroatoms. The monoisotopic (exact) mass is 878 g/mol. The van der Waals surface area contributed by atoms with E-state index >= 15 is 0 Å². The summed E-state index contributed by atoms with van der Waals surface area (Å²) in [4.78, 5) is 2.44. The zero-order chi connectivity index (χ0) is 45.4. The maximum absolute atomic E-state index is 6.99. The molecule has 12 aromatic carbocycles. The SMILES string of the molecule is c1cc(-c2ccc(N(c3ccccc3-c3ccc4ccc5ccccc5c4c3)c3ccccc3-c3cccc4c3oc3c5ccccc5ccc43)cc2)cc(-n2c3ccccc3c3ccccc32)c1. The number of benzene rings is 12. The largest absolute Gasteiger partial charge is 0.455 e. The van der Waals surface area contributed by atoms with E-state index in [1.165, 1.54) is 43.4 Å². The van der Waals surface area contributed by atoms with Crippen molar-refractivity contribution < 1.29 is 4.42 Å². The van der Waals surface area contributed by atoms with Crippen LogP contribution in [-0.4, -0.2) is 4.57 Å². The predicted octanol–water partition coefficient (Wildman–Crippen LogP) is 18.6. The summed E-state index contributed by atoms with van der Waals surface area (Å²) in [5.41, 5.74) is 15.2. The van der Waals surface area contributed by atoms with Gasteiger partial charge in [-0.1, -0.05) is 194 Å². The van der Waals surface area contributed by atoms with Gasteiger partial charge in [-0.05, 0) is 104 Å². The van der Waals surface area contributed by atoms with Crippen molar-refractivity contribution in [2.24, 2.45) is 0 Å². The molecule has 0 aliphatic rings. The van der Waals surface area contributed by atoms with Crippen LogP contribution in [0, 0.1) is 0 Å². The minimum absolute atomic E-state index is 0.879. The fourth-order valence-electron chi connectivity index (χ4n) is 11.0. The average molecular weight is 879 g/mol. The van der Waals surface area contributed by atoms with Crippen LogP contribution in [0.5, 0.6) is 0 Å². The zero-order valence-electron chi connectivity index (χ0n) is 37.6. The summed E-state index contributed by atoms with van der Waals surface area (Å²) >= 11 is 0. The van der Waals surface area contributed by atoms with E-state index in [0.717, 1.165) is 88.8 Å². The molecule has 2 aromatic heterocycles. The van der Waals surface area contributed by atoms with E-state index in [1.54, 1.807) is 0 Å². The lowest BCUT2D eigenvalue weighted by Crippen LogP contribution is -2.12. The molecule has 0 N–H and O–H groups in total. The Kier molecular flexibility index (Phi) is 8.90. The Morgan fingerprint density at radius 2 is 0.812 bits per heavy atom. The number of hydrogen-bond donors (Lipinski definition) is 0. The molecule has 14 rings (SSSR count). The first-order valence-electron chi connectivity index (χ1n) is 23.7. The van der Waals surface area contributed by atoms with Gasteiger partial charge in [-0.25, -0.2) is 0 Å². The number of aromatic nitrogens is 1. The smallest absolute Gasteiger partial charge is 0.143 e. The summed E-state index contributed by atoms with van der Waals surface area (Å²) in [5.74, 6) is 0. The number of fused-ring (bicyclic) bond motifs is 11. The molecule has 0 aliphatic heterocycles. The molecule has 0 unspecified atom stereocenters. The minimum atomic E-state index is 0.879. The van der Waals surface area contributed by atoms with E-state index in [-0.39, 0.29) is 0 Å². The Labute approximate surface area is 399 Å². The Hall–Kier alpha value is -9.18. The molecular weight excluding hydrogens is 837 g/mol. The van der Waals surface area contributed by atoms with Crippen LogP contribution in [0.3, 0.4) is 0 Å². The van der Waals surface area contributed by atoms with Crippen LogP contribution in [0.1, 0.15) is 0 Å². The van der Waals surface area contributed by atoms with Gasteiger partial charge in [0.25, 0.3) is 0 Å². The third-order valence-corrected chi connectivity index (χ3v) is 14.2. The second kappa shape index (κ2) is 15.7. The molecule has 2 heterocycles. The van der Waals surface area contributed by atoms with Crippen molar-refractivity contribution in [3.05, 3.63) is 255 Å². The predicted molar refractivity (Wildman–Crippen MR) is 292 cm³/mol. The van der Waals surface area contributed by atoms with Crippen molar-refractivity contribution in [3.63, 3.8) is 0 Å². The fraction of sp³-hybridized carbons (Fsp3) is 0. The summed E-state index contributed by atoms with van der Waals surface area (Å²) in [6.45, 7) is 0. The highest BCUT2D eigenvalue weighted by molar-refractivity contribution is 6.18. The number of para-hydroxylation sites is 5. The Morgan fingerprint density at radius 1 is 0.290 bits per heavy atom. The van der Waals surface area contributed by atoms with Gasteiger partial charge in [0.15, 0.2) is 0 Å². The molecule has 0 saturated heterocycles. The highest BCUT2D eigenvalue weighted by atomic mass is 16.3. The Bertz CT molecular complexity index is 4270. The van der Waals surface area contributed by atoms with E-state index in [2.05, 4.69) is 264 Å². The Balaban J connectivity index is 0.953. The van der Waals surface area contributed by atoms with E-state index in [1.807, 2.05) is 0 Å². The van der Waals surface area contributed by atoms with Crippen molar-refractivity contribution in [1.82, 2.24) is 4.57 Å². The molecule has 0 bridgehead atoms. The number of anilines is 3. The van der Waals surface area contributed by atoms with E-state index in [0.29, 0.717) is 0 Å². The normalized spacial score (nSPS) is 11.8. The molecule has 0 radical (unpaired) electrons. The van der Waals surface area contributed by atoms with Gasteiger partial charge < -0.3 is 13.9 Å². The number of hydrogen-bond acceptors (Lipinski definition) is 2. The van der Waals surface area contributed by atoms with Gasteiger partial charge >= 0.3 is 0 Å². The molecule has 14 aromatic rings. The molecule has 0 aliphatic carbocycles. The van der Waals surface area contributed by atoms with Crippen molar-refractivity contribution >= 4 is 93.1 Å². The maximum atomic E-state index is 6.99. The first kappa shape index (κ1) is 39.0. The van der Waals surface area contributed by atoms with Gasteiger partial charge in [0, 0.05) is 55.0 Å². The van der Waals surface area contributed by atoms with Crippen molar-refractivity contribution in [2.75, 3.05) is 4.90 Å². The van der Waals surface area contributed by atoms with Gasteiger partial charge in [-0.3, -0.25) is 0 Å². The third kappa shape index (κ3) is 6.29. The molecule has 0 fully saturated rings. The van der Waals surface area contributed by atoms with Gasteiger partial charge in [-0.2, -0.15) is 0 Å². The lowest BCUT2D eigenvalue weighted by molar-refractivity contribution is 0.674. The number of rotatable bonds is 7. The highest BCUT2D eigenvalue weighted by Crippen LogP contribution is 2.48. The van der Waals surface area contributed by atoms with Gasteiger partial charge in [0.2, 0.25) is 0 Å². The lowest BCUT2D eigenvalue weighted by atomic mass is 9.95. The topological polar surface area (TPSA) is 21.3 Å². The molecule has 0 spiro atoms. The van der Waals surface area contributed by atoms with Crippen molar-refractivity contribution in [3.8, 4) is 39.1 Å².